The molecule has 0 unspecified atom stereocenters. The van der Waals surface area contributed by atoms with Crippen LogP contribution in [0.1, 0.15) is 62.2 Å². The molecule has 3 heterocycles. The number of hydrogen-bond acceptors (Lipinski definition) is 7. The molecule has 32 heavy (non-hydrogen) atoms. The van der Waals surface area contributed by atoms with Gasteiger partial charge in [0.05, 0.1) is 11.4 Å². The number of aromatic nitrogens is 3. The lowest BCUT2D eigenvalue weighted by Gasteiger charge is -2.24. The van der Waals surface area contributed by atoms with E-state index in [-0.39, 0.29) is 17.1 Å². The van der Waals surface area contributed by atoms with Gasteiger partial charge in [0.1, 0.15) is 11.6 Å². The van der Waals surface area contributed by atoms with Gasteiger partial charge in [-0.05, 0) is 37.6 Å². The normalized spacial score (nSPS) is 11.4. The average molecular weight is 454 g/mol. The molecule has 0 fully saturated rings. The summed E-state index contributed by atoms with van der Waals surface area (Å²) < 4.78 is 5.76. The van der Waals surface area contributed by atoms with Gasteiger partial charge in [0.15, 0.2) is 10.9 Å². The predicted octanol–water partition coefficient (Wildman–Crippen LogP) is 4.83. The van der Waals surface area contributed by atoms with Gasteiger partial charge in [0, 0.05) is 43.5 Å². The highest BCUT2D eigenvalue weighted by Gasteiger charge is 2.20. The van der Waals surface area contributed by atoms with E-state index in [2.05, 4.69) is 55.9 Å². The molecule has 0 aromatic carbocycles. The van der Waals surface area contributed by atoms with Crippen LogP contribution in [0.4, 0.5) is 5.82 Å². The molecule has 7 nitrogen and oxygen atoms in total. The number of carbonyl (C=O) groups excluding carboxylic acids is 1. The van der Waals surface area contributed by atoms with Gasteiger partial charge in [-0.2, -0.15) is 0 Å². The Morgan fingerprint density at radius 3 is 2.59 bits per heavy atom. The number of amides is 1. The molecule has 0 saturated carbocycles. The van der Waals surface area contributed by atoms with Gasteiger partial charge in [0.25, 0.3) is 5.91 Å². The van der Waals surface area contributed by atoms with Gasteiger partial charge < -0.3 is 14.6 Å². The van der Waals surface area contributed by atoms with Crippen LogP contribution in [0.3, 0.4) is 0 Å². The van der Waals surface area contributed by atoms with Crippen LogP contribution in [-0.4, -0.2) is 33.9 Å². The van der Waals surface area contributed by atoms with Crippen LogP contribution in [0, 0.1) is 0 Å². The summed E-state index contributed by atoms with van der Waals surface area (Å²) in [5.74, 6) is 2.22. The van der Waals surface area contributed by atoms with Gasteiger partial charge in [-0.15, -0.1) is 0 Å². The van der Waals surface area contributed by atoms with Crippen LogP contribution in [-0.2, 0) is 17.7 Å². The molecule has 0 radical (unpaired) electrons. The smallest absolute Gasteiger partial charge is 0.287 e. The van der Waals surface area contributed by atoms with Crippen molar-refractivity contribution in [2.75, 3.05) is 18.0 Å². The van der Waals surface area contributed by atoms with Crippen molar-refractivity contribution >= 4 is 23.5 Å². The maximum Gasteiger partial charge on any atom is 0.287 e. The number of anilines is 1. The van der Waals surface area contributed by atoms with Crippen molar-refractivity contribution in [3.05, 3.63) is 65.5 Å². The third-order valence-electron chi connectivity index (χ3n) is 4.95. The Bertz CT molecular complexity index is 1030. The third-order valence-corrected chi connectivity index (χ3v) is 5.82. The van der Waals surface area contributed by atoms with E-state index < -0.39 is 0 Å². The number of rotatable bonds is 9. The summed E-state index contributed by atoms with van der Waals surface area (Å²) >= 11 is 1.51. The highest BCUT2D eigenvalue weighted by atomic mass is 32.2. The summed E-state index contributed by atoms with van der Waals surface area (Å²) in [6.45, 7) is 12.9. The van der Waals surface area contributed by atoms with Crippen molar-refractivity contribution in [2.45, 2.75) is 57.5 Å². The van der Waals surface area contributed by atoms with Crippen LogP contribution >= 0.6 is 11.8 Å². The molecule has 8 heteroatoms. The Labute approximate surface area is 194 Å². The van der Waals surface area contributed by atoms with E-state index in [9.17, 15) is 4.79 Å². The summed E-state index contributed by atoms with van der Waals surface area (Å²) in [6, 6.07) is 9.35. The molecule has 3 aromatic rings. The molecule has 0 aliphatic heterocycles. The van der Waals surface area contributed by atoms with Crippen molar-refractivity contribution < 1.29 is 9.21 Å². The maximum absolute atomic E-state index is 12.4. The minimum atomic E-state index is -0.250. The Morgan fingerprint density at radius 2 is 1.94 bits per heavy atom. The van der Waals surface area contributed by atoms with Crippen molar-refractivity contribution in [2.24, 2.45) is 0 Å². The lowest BCUT2D eigenvalue weighted by atomic mass is 9.92. The average Bonchev–Trinajstić information content (AvgIpc) is 3.26. The largest absolute Gasteiger partial charge is 0.455 e. The SMILES string of the molecule is CCN(CC)c1cc(C(C)(C)C)nc(SCc2ccc(C(=O)NCc3cccnc3)o2)n1. The van der Waals surface area contributed by atoms with Crippen molar-refractivity contribution in [3.63, 3.8) is 0 Å². The number of thioether (sulfide) groups is 1. The van der Waals surface area contributed by atoms with Gasteiger partial charge in [0.2, 0.25) is 0 Å². The third kappa shape index (κ3) is 6.32. The molecule has 1 N–H and O–H groups in total. The van der Waals surface area contributed by atoms with Crippen LogP contribution in [0.5, 0.6) is 0 Å². The molecule has 1 amide bonds. The van der Waals surface area contributed by atoms with Crippen molar-refractivity contribution in [1.29, 1.82) is 0 Å². The first-order valence-electron chi connectivity index (χ1n) is 10.8. The first kappa shape index (κ1) is 23.8. The minimum Gasteiger partial charge on any atom is -0.455 e. The maximum atomic E-state index is 12.4. The van der Waals surface area contributed by atoms with E-state index in [4.69, 9.17) is 14.4 Å². The summed E-state index contributed by atoms with van der Waals surface area (Å²) in [5, 5.41) is 3.56. The Kier molecular flexibility index (Phi) is 7.90. The van der Waals surface area contributed by atoms with Gasteiger partial charge >= 0.3 is 0 Å². The molecule has 3 rings (SSSR count). The van der Waals surface area contributed by atoms with Crippen LogP contribution < -0.4 is 10.2 Å². The Balaban J connectivity index is 1.67. The van der Waals surface area contributed by atoms with E-state index in [1.54, 1.807) is 18.5 Å². The number of carbonyl (C=O) groups is 1. The van der Waals surface area contributed by atoms with Crippen LogP contribution in [0.2, 0.25) is 0 Å². The quantitative estimate of drug-likeness (QED) is 0.367. The predicted molar refractivity (Wildman–Crippen MR) is 128 cm³/mol. The second kappa shape index (κ2) is 10.6. The van der Waals surface area contributed by atoms with E-state index in [0.717, 1.165) is 30.2 Å². The number of nitrogens with zero attached hydrogens (tertiary/aromatic N) is 4. The zero-order valence-electron chi connectivity index (χ0n) is 19.4. The van der Waals surface area contributed by atoms with Gasteiger partial charge in [-0.1, -0.05) is 38.6 Å². The van der Waals surface area contributed by atoms with Crippen molar-refractivity contribution in [3.8, 4) is 0 Å². The number of furan rings is 1. The molecule has 3 aromatic heterocycles. The van der Waals surface area contributed by atoms with Crippen molar-refractivity contribution in [1.82, 2.24) is 20.3 Å². The van der Waals surface area contributed by atoms with Gasteiger partial charge in [-0.25, -0.2) is 9.97 Å². The Hall–Kier alpha value is -2.87. The fraction of sp³-hybridized carbons (Fsp3) is 0.417. The fourth-order valence-electron chi connectivity index (χ4n) is 3.06. The standard InChI is InChI=1S/C24H31N5O2S/c1-6-29(7-2)21-13-20(24(3,4)5)27-23(28-21)32-16-18-10-11-19(31-18)22(30)26-15-17-9-8-12-25-14-17/h8-14H,6-7,15-16H2,1-5H3,(H,26,30). The monoisotopic (exact) mass is 453 g/mol. The molecule has 0 aliphatic rings. The molecule has 0 atom stereocenters. The minimum absolute atomic E-state index is 0.0790. The highest BCUT2D eigenvalue weighted by molar-refractivity contribution is 7.98. The molecule has 0 bridgehead atoms. The zero-order chi connectivity index (χ0) is 23.1. The summed E-state index contributed by atoms with van der Waals surface area (Å²) in [7, 11) is 0. The molecule has 0 saturated heterocycles. The Morgan fingerprint density at radius 1 is 1.16 bits per heavy atom. The van der Waals surface area contributed by atoms with Crippen LogP contribution in [0.15, 0.2) is 52.3 Å². The first-order chi connectivity index (χ1) is 15.3. The highest BCUT2D eigenvalue weighted by Crippen LogP contribution is 2.28. The topological polar surface area (TPSA) is 84.2 Å². The van der Waals surface area contributed by atoms with E-state index in [1.165, 1.54) is 11.8 Å². The number of pyridine rings is 1. The molecule has 170 valence electrons. The fourth-order valence-corrected chi connectivity index (χ4v) is 3.80. The summed E-state index contributed by atoms with van der Waals surface area (Å²) in [4.78, 5) is 28.2. The number of nitrogens with one attached hydrogen (secondary N) is 1. The van der Waals surface area contributed by atoms with E-state index in [0.29, 0.717) is 23.2 Å². The lowest BCUT2D eigenvalue weighted by molar-refractivity contribution is 0.0921. The molecular formula is C24H31N5O2S. The molecular weight excluding hydrogens is 422 g/mol. The van der Waals surface area contributed by atoms with E-state index >= 15 is 0 Å². The van der Waals surface area contributed by atoms with Crippen LogP contribution in [0.25, 0.3) is 0 Å². The second-order valence-corrected chi connectivity index (χ2v) is 9.36. The zero-order valence-corrected chi connectivity index (χ0v) is 20.2. The number of hydrogen-bond donors (Lipinski definition) is 1. The second-order valence-electron chi connectivity index (χ2n) is 8.41. The molecule has 0 spiro atoms. The summed E-state index contributed by atoms with van der Waals surface area (Å²) in [6.07, 6.45) is 3.43. The summed E-state index contributed by atoms with van der Waals surface area (Å²) in [5.41, 5.74) is 1.86. The lowest BCUT2D eigenvalue weighted by Crippen LogP contribution is -2.25. The van der Waals surface area contributed by atoms with E-state index in [1.807, 2.05) is 18.2 Å². The van der Waals surface area contributed by atoms with Gasteiger partial charge in [-0.3, -0.25) is 9.78 Å². The first-order valence-corrected chi connectivity index (χ1v) is 11.8. The molecule has 0 aliphatic carbocycles.